The van der Waals surface area contributed by atoms with E-state index in [9.17, 15) is 9.59 Å². The van der Waals surface area contributed by atoms with Crippen molar-refractivity contribution in [3.8, 4) is 0 Å². The first kappa shape index (κ1) is 19.6. The van der Waals surface area contributed by atoms with Gasteiger partial charge in [-0.15, -0.1) is 0 Å². The Kier molecular flexibility index (Phi) is 14.0. The molecule has 0 atom stereocenters. The molecule has 1 N–H and O–H groups in total. The Bertz CT molecular complexity index is 329. The highest BCUT2D eigenvalue weighted by atomic mass is 16.4. The molecule has 0 rings (SSSR count). The fourth-order valence-electron chi connectivity index (χ4n) is 2.02. The van der Waals surface area contributed by atoms with Crippen molar-refractivity contribution in [2.45, 2.75) is 77.6 Å². The van der Waals surface area contributed by atoms with Crippen LogP contribution in [0.4, 0.5) is 0 Å². The minimum atomic E-state index is -0.739. The Morgan fingerprint density at radius 2 is 1.57 bits per heavy atom. The van der Waals surface area contributed by atoms with E-state index in [1.165, 1.54) is 19.3 Å². The molecule has 0 aliphatic carbocycles. The van der Waals surface area contributed by atoms with Crippen LogP contribution >= 0.6 is 0 Å². The number of carbonyl (C=O) groups is 2. The van der Waals surface area contributed by atoms with Gasteiger partial charge in [-0.1, -0.05) is 50.8 Å². The Labute approximate surface area is 129 Å². The van der Waals surface area contributed by atoms with Crippen molar-refractivity contribution in [3.63, 3.8) is 0 Å². The number of carboxylic acid groups (broad SMARTS) is 1. The summed E-state index contributed by atoms with van der Waals surface area (Å²) < 4.78 is 0. The molecule has 0 radical (unpaired) electrons. The average Bonchev–Trinajstić information content (AvgIpc) is 2.45. The Balaban J connectivity index is 3.43. The highest BCUT2D eigenvalue weighted by Crippen LogP contribution is 2.06. The first-order chi connectivity index (χ1) is 10.2. The first-order valence-corrected chi connectivity index (χ1v) is 8.23. The smallest absolute Gasteiger partial charge is 0.303 e. The summed E-state index contributed by atoms with van der Waals surface area (Å²) in [5, 5.41) is 8.49. The van der Waals surface area contributed by atoms with Crippen molar-refractivity contribution in [1.82, 2.24) is 0 Å². The maximum atomic E-state index is 11.6. The molecule has 0 spiro atoms. The zero-order valence-electron chi connectivity index (χ0n) is 13.4. The van der Waals surface area contributed by atoms with E-state index in [2.05, 4.69) is 19.1 Å². The number of allylic oxidation sites excluding steroid dienone is 4. The van der Waals surface area contributed by atoms with E-state index in [1.54, 1.807) is 6.08 Å². The Hall–Kier alpha value is -1.38. The van der Waals surface area contributed by atoms with E-state index >= 15 is 0 Å². The van der Waals surface area contributed by atoms with Crippen LogP contribution in [0.1, 0.15) is 77.6 Å². The highest BCUT2D eigenvalue weighted by molar-refractivity contribution is 5.89. The van der Waals surface area contributed by atoms with E-state index in [1.807, 2.05) is 6.08 Å². The lowest BCUT2D eigenvalue weighted by Gasteiger charge is -1.97. The van der Waals surface area contributed by atoms with Crippen molar-refractivity contribution >= 4 is 11.8 Å². The number of hydrogen-bond acceptors (Lipinski definition) is 2. The predicted molar refractivity (Wildman–Crippen MR) is 87.4 cm³/mol. The molecule has 21 heavy (non-hydrogen) atoms. The summed E-state index contributed by atoms with van der Waals surface area (Å²) >= 11 is 0. The first-order valence-electron chi connectivity index (χ1n) is 8.23. The maximum Gasteiger partial charge on any atom is 0.303 e. The van der Waals surface area contributed by atoms with Gasteiger partial charge in [-0.2, -0.15) is 0 Å². The molecule has 0 amide bonds. The minimum Gasteiger partial charge on any atom is -0.481 e. The summed E-state index contributed by atoms with van der Waals surface area (Å²) in [6.07, 6.45) is 17.8. The van der Waals surface area contributed by atoms with Gasteiger partial charge in [0.05, 0.1) is 0 Å². The molecular weight excluding hydrogens is 264 g/mol. The number of carbonyl (C=O) groups excluding carboxylic acids is 1. The van der Waals surface area contributed by atoms with Gasteiger partial charge in [-0.05, 0) is 38.2 Å². The van der Waals surface area contributed by atoms with Crippen molar-refractivity contribution in [2.24, 2.45) is 0 Å². The molecule has 0 saturated heterocycles. The van der Waals surface area contributed by atoms with Crippen LogP contribution < -0.4 is 0 Å². The van der Waals surface area contributed by atoms with Crippen molar-refractivity contribution < 1.29 is 14.7 Å². The molecule has 0 heterocycles. The van der Waals surface area contributed by atoms with E-state index < -0.39 is 5.97 Å². The molecule has 0 fully saturated rings. The monoisotopic (exact) mass is 294 g/mol. The zero-order chi connectivity index (χ0) is 15.8. The quantitative estimate of drug-likeness (QED) is 0.277. The van der Waals surface area contributed by atoms with Crippen LogP contribution in [0.5, 0.6) is 0 Å². The molecule has 0 aromatic carbocycles. The average molecular weight is 294 g/mol. The minimum absolute atomic E-state index is 0.174. The normalized spacial score (nSPS) is 11.5. The van der Waals surface area contributed by atoms with Gasteiger partial charge >= 0.3 is 5.97 Å². The Morgan fingerprint density at radius 1 is 0.857 bits per heavy atom. The second kappa shape index (κ2) is 15.0. The summed E-state index contributed by atoms with van der Waals surface area (Å²) in [5.41, 5.74) is 0. The number of ketones is 1. The van der Waals surface area contributed by atoms with E-state index in [0.717, 1.165) is 32.1 Å². The standard InChI is InChI=1S/C18H30O3/c1-2-3-4-5-6-7-8-11-14-17(19)15-12-9-10-13-16-18(20)21/h6-7,11,14H,2-5,8-10,12-13,15-16H2,1H3,(H,20,21). The van der Waals surface area contributed by atoms with Gasteiger partial charge < -0.3 is 5.11 Å². The lowest BCUT2D eigenvalue weighted by atomic mass is 10.1. The molecule has 0 saturated carbocycles. The van der Waals surface area contributed by atoms with Crippen LogP contribution in [0.15, 0.2) is 24.3 Å². The van der Waals surface area contributed by atoms with Crippen molar-refractivity contribution in [2.75, 3.05) is 0 Å². The second-order valence-corrected chi connectivity index (χ2v) is 5.38. The van der Waals surface area contributed by atoms with Crippen LogP contribution in [0.3, 0.4) is 0 Å². The summed E-state index contributed by atoms with van der Waals surface area (Å²) in [7, 11) is 0. The number of unbranched alkanes of at least 4 members (excludes halogenated alkanes) is 6. The van der Waals surface area contributed by atoms with Crippen LogP contribution in [0.2, 0.25) is 0 Å². The van der Waals surface area contributed by atoms with E-state index in [4.69, 9.17) is 5.11 Å². The second-order valence-electron chi connectivity index (χ2n) is 5.38. The molecule has 3 heteroatoms. The van der Waals surface area contributed by atoms with Crippen LogP contribution in [0.25, 0.3) is 0 Å². The number of rotatable bonds is 14. The van der Waals surface area contributed by atoms with Gasteiger partial charge in [0.1, 0.15) is 0 Å². The molecule has 120 valence electrons. The number of carboxylic acids is 1. The predicted octanol–water partition coefficient (Wildman–Crippen LogP) is 5.06. The number of aliphatic carboxylic acids is 1. The van der Waals surface area contributed by atoms with E-state index in [0.29, 0.717) is 12.8 Å². The fraction of sp³-hybridized carbons (Fsp3) is 0.667. The molecule has 0 aromatic heterocycles. The van der Waals surface area contributed by atoms with Crippen LogP contribution in [-0.2, 0) is 9.59 Å². The molecular formula is C18H30O3. The van der Waals surface area contributed by atoms with Gasteiger partial charge in [0, 0.05) is 12.8 Å². The lowest BCUT2D eigenvalue weighted by Crippen LogP contribution is -1.95. The maximum absolute atomic E-state index is 11.6. The molecule has 0 aliphatic heterocycles. The van der Waals surface area contributed by atoms with Gasteiger partial charge in [-0.3, -0.25) is 9.59 Å². The molecule has 0 aliphatic rings. The van der Waals surface area contributed by atoms with Crippen molar-refractivity contribution in [3.05, 3.63) is 24.3 Å². The summed E-state index contributed by atoms with van der Waals surface area (Å²) in [5.74, 6) is -0.565. The topological polar surface area (TPSA) is 54.4 Å². The Morgan fingerprint density at radius 3 is 2.24 bits per heavy atom. The highest BCUT2D eigenvalue weighted by Gasteiger charge is 1.98. The van der Waals surface area contributed by atoms with E-state index in [-0.39, 0.29) is 12.2 Å². The van der Waals surface area contributed by atoms with Gasteiger partial charge in [0.25, 0.3) is 0 Å². The third kappa shape index (κ3) is 16.6. The summed E-state index contributed by atoms with van der Waals surface area (Å²) in [4.78, 5) is 21.9. The summed E-state index contributed by atoms with van der Waals surface area (Å²) in [6.45, 7) is 2.20. The lowest BCUT2D eigenvalue weighted by molar-refractivity contribution is -0.137. The third-order valence-corrected chi connectivity index (χ3v) is 3.28. The largest absolute Gasteiger partial charge is 0.481 e. The van der Waals surface area contributed by atoms with Crippen LogP contribution in [-0.4, -0.2) is 16.9 Å². The third-order valence-electron chi connectivity index (χ3n) is 3.28. The van der Waals surface area contributed by atoms with Gasteiger partial charge in [-0.25, -0.2) is 0 Å². The zero-order valence-corrected chi connectivity index (χ0v) is 13.4. The summed E-state index contributed by atoms with van der Waals surface area (Å²) in [6, 6.07) is 0. The molecule has 0 unspecified atom stereocenters. The van der Waals surface area contributed by atoms with Gasteiger partial charge in [0.2, 0.25) is 0 Å². The molecule has 0 aromatic rings. The number of hydrogen-bond donors (Lipinski definition) is 1. The van der Waals surface area contributed by atoms with Gasteiger partial charge in [0.15, 0.2) is 5.78 Å². The van der Waals surface area contributed by atoms with Crippen LogP contribution in [0, 0.1) is 0 Å². The SMILES string of the molecule is CCCCCC=CCC=CC(=O)CCCCCCC(=O)O. The van der Waals surface area contributed by atoms with Crippen molar-refractivity contribution in [1.29, 1.82) is 0 Å². The fourth-order valence-corrected chi connectivity index (χ4v) is 2.02. The molecule has 0 bridgehead atoms. The molecule has 3 nitrogen and oxygen atoms in total.